The Bertz CT molecular complexity index is 518. The summed E-state index contributed by atoms with van der Waals surface area (Å²) in [6.45, 7) is 2.50. The van der Waals surface area contributed by atoms with Gasteiger partial charge < -0.3 is 10.6 Å². The average molecular weight is 310 g/mol. The molecule has 1 aliphatic heterocycles. The highest BCUT2D eigenvalue weighted by Gasteiger charge is 2.34. The van der Waals surface area contributed by atoms with Gasteiger partial charge in [-0.15, -0.1) is 0 Å². The maximum Gasteiger partial charge on any atom is 0.241 e. The molecular formula is C15H20ClN3O2. The number of anilines is 1. The summed E-state index contributed by atoms with van der Waals surface area (Å²) >= 11 is 5.82. The van der Waals surface area contributed by atoms with Gasteiger partial charge in [0, 0.05) is 29.7 Å². The molecule has 1 aromatic rings. The molecule has 5 nitrogen and oxygen atoms in total. The first-order valence-electron chi connectivity index (χ1n) is 7.05. The van der Waals surface area contributed by atoms with E-state index in [1.54, 1.807) is 24.3 Å². The Morgan fingerprint density at radius 2 is 2.00 bits per heavy atom. The number of halogens is 1. The minimum absolute atomic E-state index is 0.0205. The number of likely N-dealkylation sites (tertiary alicyclic amines) is 1. The van der Waals surface area contributed by atoms with Crippen molar-refractivity contribution in [3.8, 4) is 0 Å². The van der Waals surface area contributed by atoms with Crippen LogP contribution < -0.4 is 10.6 Å². The first kappa shape index (κ1) is 15.8. The molecule has 1 saturated heterocycles. The lowest BCUT2D eigenvalue weighted by molar-refractivity contribution is -0.122. The first-order valence-corrected chi connectivity index (χ1v) is 7.43. The van der Waals surface area contributed by atoms with Crippen LogP contribution in [0.1, 0.15) is 19.8 Å². The minimum Gasteiger partial charge on any atom is -0.352 e. The van der Waals surface area contributed by atoms with E-state index in [-0.39, 0.29) is 23.9 Å². The number of amides is 2. The summed E-state index contributed by atoms with van der Waals surface area (Å²) in [4.78, 5) is 25.7. The average Bonchev–Trinajstić information content (AvgIpc) is 2.82. The maximum atomic E-state index is 12.3. The van der Waals surface area contributed by atoms with Gasteiger partial charge in [0.05, 0.1) is 6.04 Å². The van der Waals surface area contributed by atoms with Crippen molar-refractivity contribution in [2.24, 2.45) is 0 Å². The summed E-state index contributed by atoms with van der Waals surface area (Å²) in [6.07, 6.45) is 1.09. The zero-order valence-corrected chi connectivity index (χ0v) is 13.0. The van der Waals surface area contributed by atoms with Gasteiger partial charge >= 0.3 is 0 Å². The summed E-state index contributed by atoms with van der Waals surface area (Å²) < 4.78 is 0. The molecule has 0 radical (unpaired) electrons. The number of carbonyl (C=O) groups excluding carboxylic acids is 2. The maximum absolute atomic E-state index is 12.3. The molecule has 0 aliphatic carbocycles. The monoisotopic (exact) mass is 309 g/mol. The van der Waals surface area contributed by atoms with E-state index < -0.39 is 0 Å². The number of hydrogen-bond donors (Lipinski definition) is 2. The number of rotatable bonds is 4. The van der Waals surface area contributed by atoms with Crippen LogP contribution in [0.3, 0.4) is 0 Å². The predicted molar refractivity (Wildman–Crippen MR) is 83.3 cm³/mol. The summed E-state index contributed by atoms with van der Waals surface area (Å²) in [6, 6.07) is 6.81. The van der Waals surface area contributed by atoms with E-state index in [2.05, 4.69) is 10.6 Å². The molecule has 1 fully saturated rings. The van der Waals surface area contributed by atoms with Crippen molar-refractivity contribution in [1.82, 2.24) is 10.2 Å². The van der Waals surface area contributed by atoms with Crippen molar-refractivity contribution in [2.75, 3.05) is 18.9 Å². The number of hydrogen-bond acceptors (Lipinski definition) is 3. The molecular weight excluding hydrogens is 290 g/mol. The van der Waals surface area contributed by atoms with E-state index in [0.717, 1.165) is 5.69 Å². The quantitative estimate of drug-likeness (QED) is 0.892. The second-order valence-electron chi connectivity index (χ2n) is 5.31. The lowest BCUT2D eigenvalue weighted by Gasteiger charge is -2.18. The summed E-state index contributed by atoms with van der Waals surface area (Å²) in [5, 5.41) is 6.45. The van der Waals surface area contributed by atoms with Crippen molar-refractivity contribution in [1.29, 1.82) is 0 Å². The zero-order valence-electron chi connectivity index (χ0n) is 12.2. The van der Waals surface area contributed by atoms with Crippen molar-refractivity contribution in [3.63, 3.8) is 0 Å². The molecule has 6 heteroatoms. The van der Waals surface area contributed by atoms with E-state index in [0.29, 0.717) is 24.4 Å². The van der Waals surface area contributed by atoms with Crippen LogP contribution in [0, 0.1) is 0 Å². The third-order valence-corrected chi connectivity index (χ3v) is 3.90. The van der Waals surface area contributed by atoms with Crippen molar-refractivity contribution >= 4 is 29.1 Å². The normalized spacial score (nSPS) is 22.0. The summed E-state index contributed by atoms with van der Waals surface area (Å²) in [5.41, 5.74) is 0.721. The number of benzene rings is 1. The van der Waals surface area contributed by atoms with Gasteiger partial charge in [0.25, 0.3) is 0 Å². The van der Waals surface area contributed by atoms with Gasteiger partial charge in [-0.25, -0.2) is 0 Å². The number of carbonyl (C=O) groups is 2. The lowest BCUT2D eigenvalue weighted by atomic mass is 10.1. The second kappa shape index (κ2) is 6.91. The molecule has 0 bridgehead atoms. The fourth-order valence-electron chi connectivity index (χ4n) is 2.50. The number of nitrogens with one attached hydrogen (secondary N) is 2. The third kappa shape index (κ3) is 4.19. The van der Waals surface area contributed by atoms with Gasteiger partial charge in [-0.1, -0.05) is 18.5 Å². The Balaban J connectivity index is 1.93. The van der Waals surface area contributed by atoms with E-state index in [9.17, 15) is 9.59 Å². The molecule has 0 saturated carbocycles. The van der Waals surface area contributed by atoms with Gasteiger partial charge in [0.15, 0.2) is 0 Å². The fraction of sp³-hybridized carbons (Fsp3) is 0.467. The Kier molecular flexibility index (Phi) is 5.20. The van der Waals surface area contributed by atoms with E-state index in [1.807, 2.05) is 18.9 Å². The molecule has 0 aromatic heterocycles. The number of likely N-dealkylation sites (N-methyl/N-ethyl adjacent to an activating group) is 1. The van der Waals surface area contributed by atoms with Gasteiger partial charge in [0.2, 0.25) is 11.8 Å². The summed E-state index contributed by atoms with van der Waals surface area (Å²) in [5.74, 6) is -0.0415. The Morgan fingerprint density at radius 3 is 2.62 bits per heavy atom. The lowest BCUT2D eigenvalue weighted by Crippen LogP contribution is -2.37. The topological polar surface area (TPSA) is 61.4 Å². The van der Waals surface area contributed by atoms with Crippen LogP contribution in [-0.2, 0) is 9.59 Å². The molecule has 2 rings (SSSR count). The highest BCUT2D eigenvalue weighted by atomic mass is 35.5. The molecule has 1 aliphatic rings. The first-order chi connectivity index (χ1) is 9.99. The van der Waals surface area contributed by atoms with E-state index >= 15 is 0 Å². The van der Waals surface area contributed by atoms with Crippen molar-refractivity contribution in [2.45, 2.75) is 31.8 Å². The predicted octanol–water partition coefficient (Wildman–Crippen LogP) is 1.88. The Labute approximate surface area is 129 Å². The standard InChI is InChI=1S/C15H20ClN3O2/c1-3-14(20)17-12-8-13(19(2)9-12)15(21)18-11-6-4-10(16)5-7-11/h4-7,12-13H,3,8-9H2,1-2H3,(H,17,20)(H,18,21). The third-order valence-electron chi connectivity index (χ3n) is 3.65. The Morgan fingerprint density at radius 1 is 1.33 bits per heavy atom. The number of nitrogens with zero attached hydrogens (tertiary/aromatic N) is 1. The van der Waals surface area contributed by atoms with Crippen LogP contribution in [0.25, 0.3) is 0 Å². The molecule has 1 aromatic carbocycles. The molecule has 0 spiro atoms. The van der Waals surface area contributed by atoms with Crippen molar-refractivity contribution < 1.29 is 9.59 Å². The van der Waals surface area contributed by atoms with Gasteiger partial charge in [0.1, 0.15) is 0 Å². The SMILES string of the molecule is CCC(=O)NC1CC(C(=O)Nc2ccc(Cl)cc2)N(C)C1. The molecule has 2 N–H and O–H groups in total. The molecule has 2 amide bonds. The minimum atomic E-state index is -0.233. The van der Waals surface area contributed by atoms with Crippen LogP contribution in [0.2, 0.25) is 5.02 Å². The molecule has 114 valence electrons. The molecule has 21 heavy (non-hydrogen) atoms. The summed E-state index contributed by atoms with van der Waals surface area (Å²) in [7, 11) is 1.89. The fourth-order valence-corrected chi connectivity index (χ4v) is 2.63. The smallest absolute Gasteiger partial charge is 0.241 e. The van der Waals surface area contributed by atoms with Gasteiger partial charge in [-0.05, 0) is 37.7 Å². The van der Waals surface area contributed by atoms with Gasteiger partial charge in [-0.2, -0.15) is 0 Å². The highest BCUT2D eigenvalue weighted by molar-refractivity contribution is 6.30. The van der Waals surface area contributed by atoms with Crippen LogP contribution in [-0.4, -0.2) is 42.4 Å². The van der Waals surface area contributed by atoms with Crippen LogP contribution in [0.4, 0.5) is 5.69 Å². The molecule has 1 heterocycles. The largest absolute Gasteiger partial charge is 0.352 e. The van der Waals surface area contributed by atoms with E-state index in [4.69, 9.17) is 11.6 Å². The van der Waals surface area contributed by atoms with Crippen LogP contribution in [0.15, 0.2) is 24.3 Å². The molecule has 2 unspecified atom stereocenters. The van der Waals surface area contributed by atoms with Crippen molar-refractivity contribution in [3.05, 3.63) is 29.3 Å². The second-order valence-corrected chi connectivity index (χ2v) is 5.74. The van der Waals surface area contributed by atoms with E-state index in [1.165, 1.54) is 0 Å². The van der Waals surface area contributed by atoms with Gasteiger partial charge in [-0.3, -0.25) is 14.5 Å². The highest BCUT2D eigenvalue weighted by Crippen LogP contribution is 2.19. The van der Waals surface area contributed by atoms with Crippen LogP contribution in [0.5, 0.6) is 0 Å². The zero-order chi connectivity index (χ0) is 15.4. The molecule has 2 atom stereocenters. The van der Waals surface area contributed by atoms with Crippen LogP contribution >= 0.6 is 11.6 Å². The Hall–Kier alpha value is -1.59.